The van der Waals surface area contributed by atoms with E-state index < -0.39 is 156 Å². The molecule has 0 bridgehead atoms. The highest BCUT2D eigenvalue weighted by Gasteiger charge is 2.75. The molecule has 67 heavy (non-hydrogen) atoms. The van der Waals surface area contributed by atoms with Crippen LogP contribution < -0.4 is 0 Å². The summed E-state index contributed by atoms with van der Waals surface area (Å²) < 4.78 is 34.5. The molecule has 0 aromatic heterocycles. The first-order chi connectivity index (χ1) is 31.2. The SMILES string of the molecule is C=C(C)C1CCC2(C(=O)OC3OC(COC4OC(CO)C(OC5OC(C)C(O)C(O)C5O)C(O)C4O)C(O)C(O)C3O)CCC3(C)C(CC(=O)C4C5(C)C(O)CC(=O)C(C)(C)C5CCC43C)C12. The Morgan fingerprint density at radius 2 is 1.34 bits per heavy atom. The van der Waals surface area contributed by atoms with Crippen LogP contribution in [-0.4, -0.2) is 180 Å². The maximum Gasteiger partial charge on any atom is 0.314 e. The van der Waals surface area contributed by atoms with Crippen molar-refractivity contribution in [2.45, 2.75) is 198 Å². The summed E-state index contributed by atoms with van der Waals surface area (Å²) >= 11 is 0. The fourth-order valence-corrected chi connectivity index (χ4v) is 15.2. The standard InChI is InChI=1S/C48H74O19/c1-19(2)21-9-12-48(14-13-45(6)22(29(21)48)15-23(50)39-46(45,7)11-10-26-44(4,5)27(51)16-28(52)47(26,39)8)43(61)67-42-36(59)33(56)31(54)25(65-42)18-62-40-37(60)34(57)38(24(17-49)64-40)66-41-35(58)32(55)30(53)20(3)63-41/h20-22,24-26,28-42,49,52-60H,1,9-18H2,2-8H3. The van der Waals surface area contributed by atoms with Crippen molar-refractivity contribution >= 4 is 17.5 Å². The molecule has 0 spiro atoms. The normalized spacial score (nSPS) is 54.0. The topological polar surface area (TPSA) is 309 Å². The van der Waals surface area contributed by atoms with Crippen molar-refractivity contribution in [1.29, 1.82) is 0 Å². The molecule has 5 aliphatic carbocycles. The highest BCUT2D eigenvalue weighted by molar-refractivity contribution is 5.89. The molecule has 0 radical (unpaired) electrons. The molecule has 3 saturated heterocycles. The minimum atomic E-state index is -1.91. The van der Waals surface area contributed by atoms with Gasteiger partial charge in [-0.25, -0.2) is 0 Å². The number of Topliss-reactive ketones (excluding diaryl/α,β-unsaturated/α-hetero) is 2. The van der Waals surface area contributed by atoms with Gasteiger partial charge in [0, 0.05) is 29.6 Å². The average molecular weight is 955 g/mol. The molecule has 380 valence electrons. The average Bonchev–Trinajstić information content (AvgIpc) is 3.68. The van der Waals surface area contributed by atoms with Crippen LogP contribution in [0, 0.1) is 56.7 Å². The molecule has 10 N–H and O–H groups in total. The Morgan fingerprint density at radius 1 is 0.716 bits per heavy atom. The molecule has 8 aliphatic rings. The third kappa shape index (κ3) is 7.66. The minimum absolute atomic E-state index is 0.00477. The van der Waals surface area contributed by atoms with E-state index >= 15 is 0 Å². The van der Waals surface area contributed by atoms with Crippen LogP contribution in [0.5, 0.6) is 0 Å². The van der Waals surface area contributed by atoms with Crippen LogP contribution in [-0.2, 0) is 42.8 Å². The number of allylic oxidation sites excluding steroid dienone is 1. The summed E-state index contributed by atoms with van der Waals surface area (Å²) in [5.41, 5.74) is -2.89. The highest BCUT2D eigenvalue weighted by Crippen LogP contribution is 2.77. The molecule has 8 rings (SSSR count). The number of esters is 1. The third-order valence-electron chi connectivity index (χ3n) is 19.3. The third-order valence-corrected chi connectivity index (χ3v) is 19.3. The van der Waals surface area contributed by atoms with Gasteiger partial charge in [-0.3, -0.25) is 14.4 Å². The molecule has 19 nitrogen and oxygen atoms in total. The Morgan fingerprint density at radius 3 is 2.00 bits per heavy atom. The van der Waals surface area contributed by atoms with Crippen molar-refractivity contribution in [1.82, 2.24) is 0 Å². The van der Waals surface area contributed by atoms with Gasteiger partial charge in [0.2, 0.25) is 6.29 Å². The Kier molecular flexibility index (Phi) is 13.7. The van der Waals surface area contributed by atoms with Gasteiger partial charge in [-0.05, 0) is 86.9 Å². The lowest BCUT2D eigenvalue weighted by atomic mass is 9.31. The summed E-state index contributed by atoms with van der Waals surface area (Å²) in [6.45, 7) is 16.5. The number of hydrogen-bond acceptors (Lipinski definition) is 19. The molecular formula is C48H74O19. The van der Waals surface area contributed by atoms with Gasteiger partial charge in [0.05, 0.1) is 30.8 Å². The molecule has 25 unspecified atom stereocenters. The van der Waals surface area contributed by atoms with Gasteiger partial charge in [0.15, 0.2) is 12.6 Å². The molecule has 25 atom stereocenters. The molecular weight excluding hydrogens is 881 g/mol. The van der Waals surface area contributed by atoms with Crippen LogP contribution in [0.15, 0.2) is 12.2 Å². The van der Waals surface area contributed by atoms with Crippen LogP contribution in [0.1, 0.15) is 99.8 Å². The van der Waals surface area contributed by atoms with Crippen LogP contribution in [0.25, 0.3) is 0 Å². The van der Waals surface area contributed by atoms with Crippen LogP contribution in [0.2, 0.25) is 0 Å². The van der Waals surface area contributed by atoms with Gasteiger partial charge in [-0.1, -0.05) is 46.8 Å². The lowest BCUT2D eigenvalue weighted by molar-refractivity contribution is -0.361. The van der Waals surface area contributed by atoms with E-state index in [2.05, 4.69) is 20.4 Å². The van der Waals surface area contributed by atoms with Crippen molar-refractivity contribution in [3.63, 3.8) is 0 Å². The van der Waals surface area contributed by atoms with Crippen LogP contribution >= 0.6 is 0 Å². The molecule has 0 amide bonds. The zero-order chi connectivity index (χ0) is 49.2. The molecule has 3 aliphatic heterocycles. The number of ketones is 2. The molecule has 8 fully saturated rings. The summed E-state index contributed by atoms with van der Waals surface area (Å²) in [4.78, 5) is 43.2. The molecule has 5 saturated carbocycles. The lowest BCUT2D eigenvalue weighted by Gasteiger charge is -2.71. The maximum atomic E-state index is 15.0. The van der Waals surface area contributed by atoms with Crippen molar-refractivity contribution in [3.05, 3.63) is 12.2 Å². The first-order valence-corrected chi connectivity index (χ1v) is 24.1. The fraction of sp³-hybridized carbons (Fsp3) is 0.896. The second-order valence-electron chi connectivity index (χ2n) is 22.8. The zero-order valence-electron chi connectivity index (χ0n) is 39.5. The van der Waals surface area contributed by atoms with Crippen molar-refractivity contribution < 1.29 is 93.9 Å². The molecule has 19 heteroatoms. The molecule has 0 aromatic carbocycles. The fourth-order valence-electron chi connectivity index (χ4n) is 15.2. The number of carbonyl (C=O) groups is 3. The van der Waals surface area contributed by atoms with Crippen LogP contribution in [0.4, 0.5) is 0 Å². The van der Waals surface area contributed by atoms with E-state index in [9.17, 15) is 65.4 Å². The summed E-state index contributed by atoms with van der Waals surface area (Å²) in [7, 11) is 0. The Labute approximate surface area is 390 Å². The largest absolute Gasteiger partial charge is 0.432 e. The number of aliphatic hydroxyl groups is 10. The number of carbonyl (C=O) groups excluding carboxylic acids is 3. The van der Waals surface area contributed by atoms with E-state index in [-0.39, 0.29) is 42.2 Å². The predicted molar refractivity (Wildman–Crippen MR) is 229 cm³/mol. The zero-order valence-corrected chi connectivity index (χ0v) is 39.5. The minimum Gasteiger partial charge on any atom is -0.432 e. The van der Waals surface area contributed by atoms with E-state index in [4.69, 9.17) is 28.4 Å². The van der Waals surface area contributed by atoms with Gasteiger partial charge in [-0.2, -0.15) is 0 Å². The van der Waals surface area contributed by atoms with E-state index in [1.807, 2.05) is 27.7 Å². The summed E-state index contributed by atoms with van der Waals surface area (Å²) in [5.74, 6) is -2.23. The number of aliphatic hydroxyl groups excluding tert-OH is 10. The monoisotopic (exact) mass is 954 g/mol. The first kappa shape index (κ1) is 51.3. The Balaban J connectivity index is 0.984. The highest BCUT2D eigenvalue weighted by atomic mass is 16.8. The lowest BCUT2D eigenvalue weighted by Crippen LogP contribution is -2.71. The smallest absolute Gasteiger partial charge is 0.314 e. The first-order valence-electron chi connectivity index (χ1n) is 24.1. The Hall–Kier alpha value is -2.05. The Bertz CT molecular complexity index is 1910. The van der Waals surface area contributed by atoms with Crippen molar-refractivity contribution in [2.75, 3.05) is 13.2 Å². The van der Waals surface area contributed by atoms with E-state index in [1.165, 1.54) is 6.92 Å². The van der Waals surface area contributed by atoms with Crippen molar-refractivity contribution in [2.24, 2.45) is 56.7 Å². The van der Waals surface area contributed by atoms with Crippen LogP contribution in [0.3, 0.4) is 0 Å². The number of rotatable bonds is 9. The number of hydrogen-bond donors (Lipinski definition) is 10. The van der Waals surface area contributed by atoms with Crippen molar-refractivity contribution in [3.8, 4) is 0 Å². The van der Waals surface area contributed by atoms with Gasteiger partial charge in [-0.15, -0.1) is 0 Å². The van der Waals surface area contributed by atoms with Gasteiger partial charge in [0.1, 0.15) is 78.7 Å². The second kappa shape index (κ2) is 17.9. The molecule has 0 aromatic rings. The van der Waals surface area contributed by atoms with Gasteiger partial charge < -0.3 is 79.5 Å². The van der Waals surface area contributed by atoms with E-state index in [0.29, 0.717) is 38.5 Å². The van der Waals surface area contributed by atoms with Gasteiger partial charge in [0.25, 0.3) is 0 Å². The maximum absolute atomic E-state index is 15.0. The number of ether oxygens (including phenoxy) is 6. The number of fused-ring (bicyclic) bond motifs is 7. The molecule has 3 heterocycles. The summed E-state index contributed by atoms with van der Waals surface area (Å²) in [6, 6.07) is 0. The van der Waals surface area contributed by atoms with E-state index in [0.717, 1.165) is 5.57 Å². The second-order valence-corrected chi connectivity index (χ2v) is 22.8. The summed E-state index contributed by atoms with van der Waals surface area (Å²) in [5, 5.41) is 108. The summed E-state index contributed by atoms with van der Waals surface area (Å²) in [6.07, 6.45) is -22.3. The van der Waals surface area contributed by atoms with Gasteiger partial charge >= 0.3 is 5.97 Å². The quantitative estimate of drug-likeness (QED) is 0.102. The predicted octanol–water partition coefficient (Wildman–Crippen LogP) is -0.618. The van der Waals surface area contributed by atoms with E-state index in [1.54, 1.807) is 0 Å².